The number of hydrogen-bond donors (Lipinski definition) is 3. The second kappa shape index (κ2) is 21.2. The smallest absolute Gasteiger partial charge is 0.328 e. The van der Waals surface area contributed by atoms with Crippen molar-refractivity contribution in [3.05, 3.63) is 18.0 Å². The van der Waals surface area contributed by atoms with Gasteiger partial charge in [0.15, 0.2) is 17.2 Å². The first-order valence-electron chi connectivity index (χ1n) is 20.4. The van der Waals surface area contributed by atoms with Gasteiger partial charge in [-0.05, 0) is 102 Å². The lowest BCUT2D eigenvalue weighted by molar-refractivity contribution is -0.156. The van der Waals surface area contributed by atoms with Crippen molar-refractivity contribution in [1.82, 2.24) is 10.3 Å². The van der Waals surface area contributed by atoms with Crippen LogP contribution in [0.2, 0.25) is 0 Å². The van der Waals surface area contributed by atoms with Crippen LogP contribution in [0, 0.1) is 29.6 Å². The average Bonchev–Trinajstić information content (AvgIpc) is 3.86. The summed E-state index contributed by atoms with van der Waals surface area (Å²) in [7, 11) is 1.39. The molecule has 0 radical (unpaired) electrons. The summed E-state index contributed by atoms with van der Waals surface area (Å²) in [5.41, 5.74) is 5.88. The van der Waals surface area contributed by atoms with E-state index in [4.69, 9.17) is 29.4 Å². The number of ether oxygens (including phenoxy) is 5. The molecular weight excluding hydrogens is 678 g/mol. The molecule has 1 aliphatic carbocycles. The monoisotopic (exact) mass is 745 g/mol. The molecule has 0 bridgehead atoms. The second-order valence-electron chi connectivity index (χ2n) is 15.9. The maximum absolute atomic E-state index is 13.4. The molecule has 2 aliphatic heterocycles. The maximum Gasteiger partial charge on any atom is 0.328 e. The van der Waals surface area contributed by atoms with Crippen LogP contribution in [-0.4, -0.2) is 84.8 Å². The fourth-order valence-electron chi connectivity index (χ4n) is 8.29. The van der Waals surface area contributed by atoms with Gasteiger partial charge < -0.3 is 39.8 Å². The van der Waals surface area contributed by atoms with Gasteiger partial charge in [0.05, 0.1) is 25.9 Å². The molecule has 0 aromatic carbocycles. The molecule has 1 aromatic rings. The summed E-state index contributed by atoms with van der Waals surface area (Å²) in [6, 6.07) is 0.0254. The summed E-state index contributed by atoms with van der Waals surface area (Å²) in [6.07, 6.45) is 13.2. The van der Waals surface area contributed by atoms with Crippen molar-refractivity contribution in [2.24, 2.45) is 35.3 Å². The number of nitrogens with zero attached hydrogens (tertiary/aromatic N) is 1. The Bertz CT molecular complexity index is 1310. The van der Waals surface area contributed by atoms with Gasteiger partial charge in [-0.1, -0.05) is 40.0 Å². The molecule has 2 saturated heterocycles. The largest absolute Gasteiger partial charge is 0.503 e. The van der Waals surface area contributed by atoms with E-state index in [1.807, 2.05) is 13.8 Å². The summed E-state index contributed by atoms with van der Waals surface area (Å²) in [5.74, 6) is 0.176. The van der Waals surface area contributed by atoms with E-state index < -0.39 is 30.1 Å². The molecule has 4 rings (SSSR count). The lowest BCUT2D eigenvalue weighted by Crippen LogP contribution is -2.43. The van der Waals surface area contributed by atoms with Gasteiger partial charge in [0.1, 0.15) is 24.3 Å². The number of aromatic nitrogens is 1. The Morgan fingerprint density at radius 1 is 0.981 bits per heavy atom. The molecule has 11 unspecified atom stereocenters. The van der Waals surface area contributed by atoms with Gasteiger partial charge in [-0.2, -0.15) is 0 Å². The lowest BCUT2D eigenvalue weighted by atomic mass is 9.85. The van der Waals surface area contributed by atoms with Gasteiger partial charge in [-0.15, -0.1) is 0 Å². The van der Waals surface area contributed by atoms with Crippen LogP contribution in [0.5, 0.6) is 11.5 Å². The van der Waals surface area contributed by atoms with Crippen molar-refractivity contribution in [3.8, 4) is 11.5 Å². The van der Waals surface area contributed by atoms with Crippen LogP contribution < -0.4 is 15.8 Å². The van der Waals surface area contributed by atoms with E-state index in [1.54, 1.807) is 0 Å². The van der Waals surface area contributed by atoms with Crippen molar-refractivity contribution in [2.45, 2.75) is 161 Å². The molecule has 12 heteroatoms. The van der Waals surface area contributed by atoms with Crippen LogP contribution in [0.3, 0.4) is 0 Å². The first kappa shape index (κ1) is 42.8. The van der Waals surface area contributed by atoms with Crippen molar-refractivity contribution < 1.29 is 43.2 Å². The predicted octanol–water partition coefficient (Wildman–Crippen LogP) is 6.50. The van der Waals surface area contributed by atoms with Gasteiger partial charge in [0.25, 0.3) is 5.91 Å². The first-order chi connectivity index (χ1) is 25.5. The Balaban J connectivity index is 1.30. The number of nitrogens with two attached hydrogens (primary N) is 1. The topological polar surface area (TPSA) is 169 Å². The van der Waals surface area contributed by atoms with Crippen LogP contribution in [0.25, 0.3) is 0 Å². The normalized spacial score (nSPS) is 31.7. The number of hydrogen-bond acceptors (Lipinski definition) is 11. The summed E-state index contributed by atoms with van der Waals surface area (Å²) in [5, 5.41) is 13.2. The fourth-order valence-corrected chi connectivity index (χ4v) is 8.29. The summed E-state index contributed by atoms with van der Waals surface area (Å²) < 4.78 is 30.0. The number of carbonyl (C=O) groups excluding carboxylic acids is 3. The number of pyridine rings is 1. The molecule has 3 aliphatic rings. The Morgan fingerprint density at radius 2 is 1.66 bits per heavy atom. The van der Waals surface area contributed by atoms with Crippen LogP contribution in [-0.2, 0) is 28.5 Å². The highest BCUT2D eigenvalue weighted by molar-refractivity contribution is 5.97. The second-order valence-corrected chi connectivity index (χ2v) is 15.9. The Morgan fingerprint density at radius 3 is 2.36 bits per heavy atom. The molecule has 53 heavy (non-hydrogen) atoms. The Labute approximate surface area is 317 Å². The van der Waals surface area contributed by atoms with Gasteiger partial charge in [-0.25, -0.2) is 9.78 Å². The van der Waals surface area contributed by atoms with Crippen LogP contribution >= 0.6 is 0 Å². The van der Waals surface area contributed by atoms with Crippen LogP contribution in [0.1, 0.15) is 135 Å². The minimum Gasteiger partial charge on any atom is -0.503 e. The summed E-state index contributed by atoms with van der Waals surface area (Å²) >= 11 is 0. The summed E-state index contributed by atoms with van der Waals surface area (Å²) in [4.78, 5) is 43.0. The first-order valence-corrected chi connectivity index (χ1v) is 20.4. The molecule has 12 nitrogen and oxygen atoms in total. The minimum absolute atomic E-state index is 0.0255. The Hall–Kier alpha value is -2.96. The number of nitrogens with one attached hydrogen (secondary N) is 1. The number of carbonyl (C=O) groups is 3. The lowest BCUT2D eigenvalue weighted by Gasteiger charge is -2.32. The highest BCUT2D eigenvalue weighted by atomic mass is 16.6. The van der Waals surface area contributed by atoms with E-state index in [0.29, 0.717) is 43.6 Å². The van der Waals surface area contributed by atoms with Crippen molar-refractivity contribution in [2.75, 3.05) is 20.3 Å². The predicted molar refractivity (Wildman–Crippen MR) is 201 cm³/mol. The number of unbranched alkanes of at least 4 members (excludes halogenated alkanes) is 1. The standard InChI is InChI=1S/C41H67N3O9/c1-7-9-12-30-26(4)52-40(47)32(42)13-10-15-35(30)51-24-29-23-28(29)22-25(3)17-18-31-27(5)53-41(48)33(14-11-16-34(31)50-21-8-2)44-39(46)37-38(45)36(49-6)19-20-43-37/h19-20,25-35,45H,7-18,21-24,42H2,1-6H3,(H,44,46). The number of aromatic hydroxyl groups is 1. The van der Waals surface area contributed by atoms with Crippen molar-refractivity contribution in [1.29, 1.82) is 0 Å². The molecule has 3 fully saturated rings. The molecule has 0 spiro atoms. The van der Waals surface area contributed by atoms with E-state index in [0.717, 1.165) is 70.8 Å². The molecule has 300 valence electrons. The number of cyclic esters (lactones) is 2. The third kappa shape index (κ3) is 12.5. The van der Waals surface area contributed by atoms with E-state index in [9.17, 15) is 19.5 Å². The number of esters is 2. The molecule has 3 heterocycles. The molecule has 1 amide bonds. The molecule has 1 aromatic heterocycles. The van der Waals surface area contributed by atoms with Gasteiger partial charge in [-0.3, -0.25) is 9.59 Å². The summed E-state index contributed by atoms with van der Waals surface area (Å²) in [6.45, 7) is 11.9. The van der Waals surface area contributed by atoms with Crippen molar-refractivity contribution in [3.63, 3.8) is 0 Å². The van der Waals surface area contributed by atoms with E-state index in [-0.39, 0.29) is 53.3 Å². The van der Waals surface area contributed by atoms with E-state index in [2.05, 4.69) is 31.1 Å². The van der Waals surface area contributed by atoms with Gasteiger partial charge >= 0.3 is 11.9 Å². The third-order valence-corrected chi connectivity index (χ3v) is 11.7. The van der Waals surface area contributed by atoms with E-state index >= 15 is 0 Å². The highest BCUT2D eigenvalue weighted by Gasteiger charge is 2.41. The zero-order valence-corrected chi connectivity index (χ0v) is 33.1. The van der Waals surface area contributed by atoms with E-state index in [1.165, 1.54) is 25.8 Å². The zero-order chi connectivity index (χ0) is 38.5. The third-order valence-electron chi connectivity index (χ3n) is 11.7. The quantitative estimate of drug-likeness (QED) is 0.149. The average molecular weight is 746 g/mol. The fraction of sp³-hybridized carbons (Fsp3) is 0.805. The number of amides is 1. The van der Waals surface area contributed by atoms with Gasteiger partial charge in [0, 0.05) is 30.7 Å². The van der Waals surface area contributed by atoms with Crippen molar-refractivity contribution >= 4 is 17.8 Å². The number of methoxy groups -OCH3 is 1. The molecule has 11 atom stereocenters. The highest BCUT2D eigenvalue weighted by Crippen LogP contribution is 2.45. The molecule has 4 N–H and O–H groups in total. The van der Waals surface area contributed by atoms with Gasteiger partial charge in [0.2, 0.25) is 0 Å². The van der Waals surface area contributed by atoms with Crippen LogP contribution in [0.15, 0.2) is 12.3 Å². The molecular formula is C41H67N3O9. The zero-order valence-electron chi connectivity index (χ0n) is 33.1. The minimum atomic E-state index is -0.875. The molecule has 1 saturated carbocycles. The number of rotatable bonds is 17. The maximum atomic E-state index is 13.4. The Kier molecular flexibility index (Phi) is 17.1. The SMILES string of the molecule is CCCCC1C(C)OC(=O)C(N)CCCC1OCC1CC1CC(C)CCC1C(C)OC(=O)C(NC(=O)c2nccc(OC)c2O)CCCC1OCCC. The van der Waals surface area contributed by atoms with Crippen LogP contribution in [0.4, 0.5) is 0 Å².